The number of hydrogen-bond acceptors (Lipinski definition) is 4. The molecule has 1 aliphatic rings. The number of benzene rings is 2. The summed E-state index contributed by atoms with van der Waals surface area (Å²) in [7, 11) is -0.525. The van der Waals surface area contributed by atoms with Crippen molar-refractivity contribution in [3.8, 4) is 11.3 Å². The first kappa shape index (κ1) is 18.0. The van der Waals surface area contributed by atoms with Gasteiger partial charge in [-0.15, -0.1) is 0 Å². The van der Waals surface area contributed by atoms with Crippen LogP contribution in [0.4, 0.5) is 4.39 Å². The maximum absolute atomic E-state index is 13.2. The Bertz CT molecular complexity index is 1000. The Labute approximate surface area is 157 Å². The fourth-order valence-corrected chi connectivity index (χ4v) is 3.19. The molecule has 138 valence electrons. The quantitative estimate of drug-likeness (QED) is 0.511. The summed E-state index contributed by atoms with van der Waals surface area (Å²) >= 11 is 0. The zero-order chi connectivity index (χ0) is 19.4. The molecule has 27 heavy (non-hydrogen) atoms. The van der Waals surface area contributed by atoms with Crippen LogP contribution in [0.15, 0.2) is 46.9 Å². The lowest BCUT2D eigenvalue weighted by Crippen LogP contribution is -2.41. The van der Waals surface area contributed by atoms with E-state index in [2.05, 4.69) is 0 Å². The highest BCUT2D eigenvalue weighted by Crippen LogP contribution is 2.37. The van der Waals surface area contributed by atoms with Crippen LogP contribution >= 0.6 is 0 Å². The molecule has 4 nitrogen and oxygen atoms in total. The van der Waals surface area contributed by atoms with Crippen LogP contribution in [0.2, 0.25) is 0 Å². The normalized spacial score (nSPS) is 18.2. The van der Waals surface area contributed by atoms with Crippen molar-refractivity contribution < 1.29 is 22.9 Å². The van der Waals surface area contributed by atoms with Gasteiger partial charge in [0, 0.05) is 10.9 Å². The molecule has 0 spiro atoms. The maximum Gasteiger partial charge on any atom is 0.494 e. The molecule has 1 fully saturated rings. The van der Waals surface area contributed by atoms with Gasteiger partial charge in [0.05, 0.1) is 16.8 Å². The monoisotopic (exact) mass is 366 g/mol. The van der Waals surface area contributed by atoms with Crippen LogP contribution in [0.1, 0.15) is 38.1 Å². The van der Waals surface area contributed by atoms with Crippen molar-refractivity contribution >= 4 is 29.8 Å². The molecular formula is C21H20BFO4. The van der Waals surface area contributed by atoms with Crippen LogP contribution in [0, 0.1) is 5.82 Å². The smallest absolute Gasteiger partial charge is 0.455 e. The Morgan fingerprint density at radius 1 is 0.963 bits per heavy atom. The first-order valence-corrected chi connectivity index (χ1v) is 8.85. The lowest BCUT2D eigenvalue weighted by Gasteiger charge is -2.32. The molecule has 0 saturated carbocycles. The predicted octanol–water partition coefficient (Wildman–Crippen LogP) is 4.35. The summed E-state index contributed by atoms with van der Waals surface area (Å²) in [5, 5.41) is 0.677. The zero-order valence-corrected chi connectivity index (χ0v) is 15.7. The molecule has 2 aromatic carbocycles. The van der Waals surface area contributed by atoms with E-state index in [1.54, 1.807) is 18.2 Å². The number of rotatable bonds is 3. The number of halogens is 1. The minimum Gasteiger partial charge on any atom is -0.455 e. The summed E-state index contributed by atoms with van der Waals surface area (Å²) in [6.45, 7) is 7.97. The molecule has 1 aliphatic heterocycles. The Morgan fingerprint density at radius 2 is 1.59 bits per heavy atom. The van der Waals surface area contributed by atoms with Gasteiger partial charge in [-0.1, -0.05) is 12.1 Å². The average molecular weight is 366 g/mol. The molecule has 1 saturated heterocycles. The van der Waals surface area contributed by atoms with Crippen LogP contribution in [0.3, 0.4) is 0 Å². The second kappa shape index (κ2) is 6.04. The number of fused-ring (bicyclic) bond motifs is 1. The Hall–Kier alpha value is -2.44. The number of carbonyl (C=O) groups excluding carboxylic acids is 1. The van der Waals surface area contributed by atoms with E-state index in [0.717, 1.165) is 11.7 Å². The second-order valence-electron chi connectivity index (χ2n) is 7.81. The van der Waals surface area contributed by atoms with Crippen molar-refractivity contribution in [2.45, 2.75) is 38.9 Å². The van der Waals surface area contributed by atoms with Crippen LogP contribution in [-0.2, 0) is 9.31 Å². The van der Waals surface area contributed by atoms with Crippen LogP contribution < -0.4 is 5.46 Å². The van der Waals surface area contributed by atoms with Gasteiger partial charge in [0.2, 0.25) is 0 Å². The van der Waals surface area contributed by atoms with E-state index in [0.29, 0.717) is 27.9 Å². The summed E-state index contributed by atoms with van der Waals surface area (Å²) in [4.78, 5) is 11.8. The van der Waals surface area contributed by atoms with Gasteiger partial charge in [0.15, 0.2) is 6.29 Å². The minimum absolute atomic E-state index is 0.342. The lowest BCUT2D eigenvalue weighted by molar-refractivity contribution is 0.00578. The van der Waals surface area contributed by atoms with E-state index in [1.807, 2.05) is 39.8 Å². The van der Waals surface area contributed by atoms with Gasteiger partial charge >= 0.3 is 7.12 Å². The fraction of sp³-hybridized carbons (Fsp3) is 0.286. The molecule has 0 radical (unpaired) electrons. The van der Waals surface area contributed by atoms with E-state index < -0.39 is 18.3 Å². The standard InChI is InChI=1S/C21H20BFO4/c1-20(2)21(3,4)27-22(26-20)14-7-10-18-16(11-14)17(12-24)19(25-18)13-5-8-15(23)9-6-13/h5-12H,1-4H3. The lowest BCUT2D eigenvalue weighted by atomic mass is 9.78. The largest absolute Gasteiger partial charge is 0.494 e. The van der Waals surface area contributed by atoms with Gasteiger partial charge in [0.25, 0.3) is 0 Å². The molecule has 2 heterocycles. The summed E-state index contributed by atoms with van der Waals surface area (Å²) in [6, 6.07) is 11.4. The second-order valence-corrected chi connectivity index (χ2v) is 7.81. The maximum atomic E-state index is 13.2. The van der Waals surface area contributed by atoms with E-state index in [-0.39, 0.29) is 5.82 Å². The molecule has 1 aromatic heterocycles. The molecular weight excluding hydrogens is 346 g/mol. The topological polar surface area (TPSA) is 48.7 Å². The third-order valence-electron chi connectivity index (χ3n) is 5.50. The molecule has 6 heteroatoms. The molecule has 0 unspecified atom stereocenters. The summed E-state index contributed by atoms with van der Waals surface area (Å²) in [5.74, 6) is 0.0802. The summed E-state index contributed by atoms with van der Waals surface area (Å²) in [5.41, 5.74) is 1.57. The molecule has 0 atom stereocenters. The highest BCUT2D eigenvalue weighted by Gasteiger charge is 2.51. The van der Waals surface area contributed by atoms with Crippen LogP contribution in [0.25, 0.3) is 22.3 Å². The van der Waals surface area contributed by atoms with Crippen molar-refractivity contribution in [3.05, 3.63) is 53.8 Å². The molecule has 3 aromatic rings. The third-order valence-corrected chi connectivity index (χ3v) is 5.50. The average Bonchev–Trinajstić information content (AvgIpc) is 3.08. The molecule has 0 bridgehead atoms. The molecule has 4 rings (SSSR count). The fourth-order valence-electron chi connectivity index (χ4n) is 3.19. The Morgan fingerprint density at radius 3 is 2.19 bits per heavy atom. The van der Waals surface area contributed by atoms with Gasteiger partial charge in [0.1, 0.15) is 17.2 Å². The van der Waals surface area contributed by atoms with E-state index >= 15 is 0 Å². The van der Waals surface area contributed by atoms with Crippen LogP contribution in [0.5, 0.6) is 0 Å². The van der Waals surface area contributed by atoms with Gasteiger partial charge in [-0.2, -0.15) is 0 Å². The van der Waals surface area contributed by atoms with Crippen molar-refractivity contribution in [3.63, 3.8) is 0 Å². The van der Waals surface area contributed by atoms with Crippen molar-refractivity contribution in [1.29, 1.82) is 0 Å². The van der Waals surface area contributed by atoms with Gasteiger partial charge < -0.3 is 13.7 Å². The van der Waals surface area contributed by atoms with E-state index in [1.165, 1.54) is 12.1 Å². The first-order chi connectivity index (χ1) is 12.7. The Balaban J connectivity index is 1.79. The highest BCUT2D eigenvalue weighted by atomic mass is 19.1. The van der Waals surface area contributed by atoms with Gasteiger partial charge in [-0.3, -0.25) is 4.79 Å². The van der Waals surface area contributed by atoms with Crippen molar-refractivity contribution in [1.82, 2.24) is 0 Å². The Kier molecular flexibility index (Phi) is 4.02. The molecule has 0 amide bonds. The number of hydrogen-bond donors (Lipinski definition) is 0. The predicted molar refractivity (Wildman–Crippen MR) is 103 cm³/mol. The number of furan rings is 1. The highest BCUT2D eigenvalue weighted by molar-refractivity contribution is 6.62. The number of carbonyl (C=O) groups is 1. The van der Waals surface area contributed by atoms with E-state index in [4.69, 9.17) is 13.7 Å². The van der Waals surface area contributed by atoms with Crippen LogP contribution in [-0.4, -0.2) is 24.6 Å². The zero-order valence-electron chi connectivity index (χ0n) is 15.7. The molecule has 0 aliphatic carbocycles. The summed E-state index contributed by atoms with van der Waals surface area (Å²) in [6.07, 6.45) is 0.762. The third kappa shape index (κ3) is 2.89. The van der Waals surface area contributed by atoms with Gasteiger partial charge in [-0.25, -0.2) is 4.39 Å². The van der Waals surface area contributed by atoms with Crippen molar-refractivity contribution in [2.75, 3.05) is 0 Å². The number of aldehydes is 1. The minimum atomic E-state index is -0.525. The SMILES string of the molecule is CC1(C)OB(c2ccc3oc(-c4ccc(F)cc4)c(C=O)c3c2)OC1(C)C. The first-order valence-electron chi connectivity index (χ1n) is 8.85. The van der Waals surface area contributed by atoms with E-state index in [9.17, 15) is 9.18 Å². The van der Waals surface area contributed by atoms with Crippen molar-refractivity contribution in [2.24, 2.45) is 0 Å². The summed E-state index contributed by atoms with van der Waals surface area (Å²) < 4.78 is 31.3. The molecule has 0 N–H and O–H groups in total. The van der Waals surface area contributed by atoms with Gasteiger partial charge in [-0.05, 0) is 63.5 Å².